The Morgan fingerprint density at radius 2 is 2.39 bits per heavy atom. The van der Waals surface area contributed by atoms with Crippen molar-refractivity contribution in [2.45, 2.75) is 31.2 Å². The molecule has 0 amide bonds. The molecule has 0 unspecified atom stereocenters. The van der Waals surface area contributed by atoms with Crippen molar-refractivity contribution in [3.63, 3.8) is 0 Å². The average Bonchev–Trinajstić information content (AvgIpc) is 2.83. The van der Waals surface area contributed by atoms with Crippen molar-refractivity contribution in [1.29, 1.82) is 0 Å². The van der Waals surface area contributed by atoms with Crippen LogP contribution in [-0.2, 0) is 16.4 Å². The molecule has 5 N–H and O–H groups in total. The fourth-order valence-electron chi connectivity index (χ4n) is 1.26. The third-order valence-corrected chi connectivity index (χ3v) is 3.63. The molecule has 1 heterocycles. The zero-order valence-electron chi connectivity index (χ0n) is 10.0. The van der Waals surface area contributed by atoms with Gasteiger partial charge < -0.3 is 15.9 Å². The number of aromatic amines is 1. The van der Waals surface area contributed by atoms with Gasteiger partial charge in [0.25, 0.3) is 10.0 Å². The lowest BCUT2D eigenvalue weighted by Gasteiger charge is -2.03. The first-order valence-electron chi connectivity index (χ1n) is 5.49. The van der Waals surface area contributed by atoms with Gasteiger partial charge in [0.1, 0.15) is 11.7 Å². The third-order valence-electron chi connectivity index (χ3n) is 2.26. The smallest absolute Gasteiger partial charge is 0.257 e. The van der Waals surface area contributed by atoms with E-state index in [0.717, 1.165) is 0 Å². The summed E-state index contributed by atoms with van der Waals surface area (Å²) in [5.74, 6) is 0.691. The summed E-state index contributed by atoms with van der Waals surface area (Å²) >= 11 is 0. The Morgan fingerprint density at radius 3 is 2.94 bits per heavy atom. The number of hydrogen-bond donors (Lipinski definition) is 4. The summed E-state index contributed by atoms with van der Waals surface area (Å²) < 4.78 is 26.0. The summed E-state index contributed by atoms with van der Waals surface area (Å²) in [4.78, 5) is 6.64. The zero-order valence-corrected chi connectivity index (χ0v) is 10.9. The lowest BCUT2D eigenvalue weighted by Crippen LogP contribution is -2.26. The number of nitrogens with zero attached hydrogens (tertiary/aromatic N) is 2. The molecule has 0 saturated heterocycles. The molecular formula is C9H17N5O3S. The molecule has 102 valence electrons. The van der Waals surface area contributed by atoms with Crippen molar-refractivity contribution < 1.29 is 13.6 Å². The average molecular weight is 275 g/mol. The van der Waals surface area contributed by atoms with E-state index in [2.05, 4.69) is 19.8 Å². The van der Waals surface area contributed by atoms with Gasteiger partial charge in [0.2, 0.25) is 0 Å². The molecule has 0 atom stereocenters. The van der Waals surface area contributed by atoms with Crippen LogP contribution in [0.25, 0.3) is 0 Å². The van der Waals surface area contributed by atoms with Crippen molar-refractivity contribution in [2.75, 3.05) is 6.54 Å². The number of H-pyrrole nitrogens is 1. The number of rotatable bonds is 7. The maximum atomic E-state index is 11.8. The molecule has 0 saturated carbocycles. The Hall–Kier alpha value is -1.61. The van der Waals surface area contributed by atoms with Crippen LogP contribution >= 0.6 is 0 Å². The minimum absolute atomic E-state index is 0.0446. The number of aromatic nitrogens is 2. The van der Waals surface area contributed by atoms with Gasteiger partial charge in [0.15, 0.2) is 5.03 Å². The van der Waals surface area contributed by atoms with Crippen LogP contribution in [-0.4, -0.2) is 36.0 Å². The highest BCUT2D eigenvalue weighted by Crippen LogP contribution is 2.05. The van der Waals surface area contributed by atoms with Crippen LogP contribution in [0.2, 0.25) is 0 Å². The van der Waals surface area contributed by atoms with E-state index in [1.54, 1.807) is 0 Å². The standard InChI is InChI=1S/C9H17N5O3S/c1-2-8-11-6-9(13-8)18(16,17)12-5-3-4-7(10)14-15/h6,12,15H,2-5H2,1H3,(H2,10,14)(H,11,13). The van der Waals surface area contributed by atoms with Gasteiger partial charge in [-0.25, -0.2) is 18.1 Å². The van der Waals surface area contributed by atoms with Gasteiger partial charge >= 0.3 is 0 Å². The number of nitrogens with one attached hydrogen (secondary N) is 2. The van der Waals surface area contributed by atoms with Crippen LogP contribution < -0.4 is 10.5 Å². The lowest BCUT2D eigenvalue weighted by atomic mass is 10.3. The lowest BCUT2D eigenvalue weighted by molar-refractivity contribution is 0.316. The molecular weight excluding hydrogens is 258 g/mol. The minimum atomic E-state index is -3.57. The predicted molar refractivity (Wildman–Crippen MR) is 65.8 cm³/mol. The molecule has 8 nitrogen and oxygen atoms in total. The third kappa shape index (κ3) is 4.00. The summed E-state index contributed by atoms with van der Waals surface area (Å²) in [5, 5.41) is 11.2. The summed E-state index contributed by atoms with van der Waals surface area (Å²) in [6.07, 6.45) is 2.69. The first kappa shape index (κ1) is 14.5. The second-order valence-corrected chi connectivity index (χ2v) is 5.38. The maximum absolute atomic E-state index is 11.8. The monoisotopic (exact) mass is 275 g/mol. The number of hydrogen-bond acceptors (Lipinski definition) is 5. The zero-order chi connectivity index (χ0) is 13.6. The van der Waals surface area contributed by atoms with Gasteiger partial charge in [0.05, 0.1) is 6.20 Å². The highest BCUT2D eigenvalue weighted by atomic mass is 32.2. The maximum Gasteiger partial charge on any atom is 0.257 e. The molecule has 18 heavy (non-hydrogen) atoms. The van der Waals surface area contributed by atoms with Gasteiger partial charge in [-0.2, -0.15) is 0 Å². The highest BCUT2D eigenvalue weighted by molar-refractivity contribution is 7.89. The van der Waals surface area contributed by atoms with E-state index in [1.807, 2.05) is 6.92 Å². The molecule has 1 aromatic heterocycles. The Labute approximate surface area is 105 Å². The highest BCUT2D eigenvalue weighted by Gasteiger charge is 2.15. The van der Waals surface area contributed by atoms with Crippen LogP contribution in [0.3, 0.4) is 0 Å². The topological polar surface area (TPSA) is 133 Å². The molecule has 0 aliphatic rings. The fourth-order valence-corrected chi connectivity index (χ4v) is 2.28. The van der Waals surface area contributed by atoms with Gasteiger partial charge in [-0.05, 0) is 6.42 Å². The molecule has 0 aromatic carbocycles. The molecule has 0 radical (unpaired) electrons. The van der Waals surface area contributed by atoms with Gasteiger partial charge in [-0.3, -0.25) is 0 Å². The predicted octanol–water partition coefficient (Wildman–Crippen LogP) is -0.223. The fraction of sp³-hybridized carbons (Fsp3) is 0.556. The SMILES string of the molecule is CCc1ncc(S(=O)(=O)NCCCC(N)=NO)[nH]1. The van der Waals surface area contributed by atoms with E-state index >= 15 is 0 Å². The first-order valence-corrected chi connectivity index (χ1v) is 6.98. The van der Waals surface area contributed by atoms with Crippen molar-refractivity contribution in [3.8, 4) is 0 Å². The van der Waals surface area contributed by atoms with E-state index in [-0.39, 0.29) is 17.4 Å². The van der Waals surface area contributed by atoms with E-state index < -0.39 is 10.0 Å². The molecule has 0 aliphatic heterocycles. The molecule has 9 heteroatoms. The van der Waals surface area contributed by atoms with E-state index in [4.69, 9.17) is 10.9 Å². The molecule has 0 aliphatic carbocycles. The number of oxime groups is 1. The van der Waals surface area contributed by atoms with Crippen molar-refractivity contribution >= 4 is 15.9 Å². The van der Waals surface area contributed by atoms with Crippen LogP contribution in [0.5, 0.6) is 0 Å². The summed E-state index contributed by atoms with van der Waals surface area (Å²) in [5.41, 5.74) is 5.26. The summed E-state index contributed by atoms with van der Waals surface area (Å²) in [6, 6.07) is 0. The molecule has 0 bridgehead atoms. The van der Waals surface area contributed by atoms with Crippen LogP contribution in [0.15, 0.2) is 16.4 Å². The number of amidine groups is 1. The van der Waals surface area contributed by atoms with Gasteiger partial charge in [0, 0.05) is 19.4 Å². The Morgan fingerprint density at radius 1 is 1.67 bits per heavy atom. The van der Waals surface area contributed by atoms with E-state index in [9.17, 15) is 8.42 Å². The van der Waals surface area contributed by atoms with E-state index in [1.165, 1.54) is 6.20 Å². The van der Waals surface area contributed by atoms with Crippen LogP contribution in [0.1, 0.15) is 25.6 Å². The summed E-state index contributed by atoms with van der Waals surface area (Å²) in [7, 11) is -3.57. The van der Waals surface area contributed by atoms with Gasteiger partial charge in [-0.1, -0.05) is 12.1 Å². The number of imidazole rings is 1. The second kappa shape index (κ2) is 6.36. The quantitative estimate of drug-likeness (QED) is 0.179. The number of aryl methyl sites for hydroxylation is 1. The second-order valence-electron chi connectivity index (χ2n) is 3.64. The minimum Gasteiger partial charge on any atom is -0.409 e. The normalized spacial score (nSPS) is 12.8. The Kier molecular flexibility index (Phi) is 5.10. The molecule has 1 rings (SSSR count). The molecule has 0 fully saturated rings. The number of nitrogens with two attached hydrogens (primary N) is 1. The molecule has 0 spiro atoms. The van der Waals surface area contributed by atoms with Gasteiger partial charge in [-0.15, -0.1) is 0 Å². The summed E-state index contributed by atoms with van der Waals surface area (Å²) in [6.45, 7) is 2.08. The van der Waals surface area contributed by atoms with E-state index in [0.29, 0.717) is 25.1 Å². The first-order chi connectivity index (χ1) is 8.49. The number of sulfonamides is 1. The van der Waals surface area contributed by atoms with Crippen LogP contribution in [0.4, 0.5) is 0 Å². The van der Waals surface area contributed by atoms with Crippen LogP contribution in [0, 0.1) is 0 Å². The molecule has 1 aromatic rings. The Balaban J connectivity index is 2.50. The van der Waals surface area contributed by atoms with Crippen molar-refractivity contribution in [2.24, 2.45) is 10.9 Å². The van der Waals surface area contributed by atoms with Crippen molar-refractivity contribution in [1.82, 2.24) is 14.7 Å². The Bertz CT molecular complexity index is 508. The largest absolute Gasteiger partial charge is 0.409 e. The van der Waals surface area contributed by atoms with Crippen molar-refractivity contribution in [3.05, 3.63) is 12.0 Å².